The third kappa shape index (κ3) is 6.28. The number of hydrogen-bond acceptors (Lipinski definition) is 3. The van der Waals surface area contributed by atoms with E-state index in [1.54, 1.807) is 4.90 Å². The van der Waals surface area contributed by atoms with Crippen LogP contribution in [-0.2, 0) is 13.0 Å². The van der Waals surface area contributed by atoms with Gasteiger partial charge in [0.15, 0.2) is 0 Å². The molecule has 31 heavy (non-hydrogen) atoms. The SMILES string of the molecule is CCN(Cc1ccc(C(=O)N(C)CCCc2cc(-c3ccccc3)n[nH]2)cc1)C(C)C. The van der Waals surface area contributed by atoms with Crippen LogP contribution in [0.4, 0.5) is 0 Å². The maximum absolute atomic E-state index is 12.8. The van der Waals surface area contributed by atoms with Crippen LogP contribution in [-0.4, -0.2) is 52.1 Å². The second-order valence-corrected chi connectivity index (χ2v) is 8.33. The first kappa shape index (κ1) is 22.8. The zero-order valence-electron chi connectivity index (χ0n) is 19.1. The Kier molecular flexibility index (Phi) is 8.01. The van der Waals surface area contributed by atoms with Crippen LogP contribution in [0.1, 0.15) is 48.8 Å². The normalized spacial score (nSPS) is 11.3. The van der Waals surface area contributed by atoms with Crippen LogP contribution in [0.2, 0.25) is 0 Å². The van der Waals surface area contributed by atoms with Crippen molar-refractivity contribution in [1.29, 1.82) is 0 Å². The summed E-state index contributed by atoms with van der Waals surface area (Å²) in [7, 11) is 1.87. The van der Waals surface area contributed by atoms with Crippen molar-refractivity contribution in [2.75, 3.05) is 20.1 Å². The highest BCUT2D eigenvalue weighted by molar-refractivity contribution is 5.94. The minimum atomic E-state index is 0.0670. The first-order valence-corrected chi connectivity index (χ1v) is 11.2. The average molecular weight is 419 g/mol. The van der Waals surface area contributed by atoms with Gasteiger partial charge in [-0.15, -0.1) is 0 Å². The molecule has 0 aliphatic rings. The number of nitrogens with zero attached hydrogens (tertiary/aromatic N) is 3. The summed E-state index contributed by atoms with van der Waals surface area (Å²) in [5.74, 6) is 0.0670. The molecule has 3 aromatic rings. The summed E-state index contributed by atoms with van der Waals surface area (Å²) in [6.07, 6.45) is 1.75. The smallest absolute Gasteiger partial charge is 0.253 e. The number of nitrogens with one attached hydrogen (secondary N) is 1. The molecular formula is C26H34N4O. The molecule has 164 valence electrons. The lowest BCUT2D eigenvalue weighted by molar-refractivity contribution is 0.0793. The number of carbonyl (C=O) groups is 1. The van der Waals surface area contributed by atoms with E-state index in [9.17, 15) is 4.79 Å². The molecule has 0 unspecified atom stereocenters. The van der Waals surface area contributed by atoms with Gasteiger partial charge >= 0.3 is 0 Å². The number of benzene rings is 2. The Balaban J connectivity index is 1.49. The topological polar surface area (TPSA) is 52.2 Å². The predicted octanol–water partition coefficient (Wildman–Crippen LogP) is 5.01. The largest absolute Gasteiger partial charge is 0.342 e. The molecule has 0 atom stereocenters. The summed E-state index contributed by atoms with van der Waals surface area (Å²) < 4.78 is 0. The zero-order valence-corrected chi connectivity index (χ0v) is 19.1. The van der Waals surface area contributed by atoms with E-state index in [0.717, 1.165) is 48.4 Å². The number of hydrogen-bond donors (Lipinski definition) is 1. The van der Waals surface area contributed by atoms with Gasteiger partial charge < -0.3 is 4.90 Å². The van der Waals surface area contributed by atoms with E-state index >= 15 is 0 Å². The second kappa shape index (κ2) is 10.9. The number of aromatic nitrogens is 2. The van der Waals surface area contributed by atoms with Crippen molar-refractivity contribution >= 4 is 5.91 Å². The lowest BCUT2D eigenvalue weighted by atomic mass is 10.1. The van der Waals surface area contributed by atoms with Crippen LogP contribution in [0.25, 0.3) is 11.3 Å². The minimum absolute atomic E-state index is 0.0670. The Hall–Kier alpha value is -2.92. The fraction of sp³-hybridized carbons (Fsp3) is 0.385. The van der Waals surface area contributed by atoms with Crippen molar-refractivity contribution < 1.29 is 4.79 Å². The molecule has 5 nitrogen and oxygen atoms in total. The Bertz CT molecular complexity index is 947. The van der Waals surface area contributed by atoms with Crippen LogP contribution in [0.5, 0.6) is 0 Å². The van der Waals surface area contributed by atoms with Gasteiger partial charge in [-0.3, -0.25) is 14.8 Å². The molecule has 1 amide bonds. The van der Waals surface area contributed by atoms with E-state index in [1.165, 1.54) is 5.56 Å². The number of amides is 1. The fourth-order valence-electron chi connectivity index (χ4n) is 3.72. The lowest BCUT2D eigenvalue weighted by Gasteiger charge is -2.25. The summed E-state index contributed by atoms with van der Waals surface area (Å²) in [4.78, 5) is 17.0. The zero-order chi connectivity index (χ0) is 22.2. The maximum atomic E-state index is 12.8. The Labute approximate surface area is 186 Å². The minimum Gasteiger partial charge on any atom is -0.342 e. The van der Waals surface area contributed by atoms with E-state index in [4.69, 9.17) is 0 Å². The van der Waals surface area contributed by atoms with Gasteiger partial charge in [0.25, 0.3) is 5.91 Å². The molecule has 1 N–H and O–H groups in total. The van der Waals surface area contributed by atoms with Crippen molar-refractivity contribution in [3.05, 3.63) is 77.5 Å². The summed E-state index contributed by atoms with van der Waals surface area (Å²) in [6, 6.07) is 20.8. The molecule has 0 spiro atoms. The molecule has 0 aliphatic heterocycles. The van der Waals surface area contributed by atoms with E-state index in [0.29, 0.717) is 12.6 Å². The van der Waals surface area contributed by atoms with Crippen LogP contribution in [0.15, 0.2) is 60.7 Å². The van der Waals surface area contributed by atoms with E-state index < -0.39 is 0 Å². The molecule has 0 saturated carbocycles. The molecule has 1 heterocycles. The predicted molar refractivity (Wildman–Crippen MR) is 127 cm³/mol. The molecule has 2 aromatic carbocycles. The van der Waals surface area contributed by atoms with E-state index in [2.05, 4.69) is 66.2 Å². The molecule has 0 bridgehead atoms. The third-order valence-corrected chi connectivity index (χ3v) is 5.71. The van der Waals surface area contributed by atoms with Crippen LogP contribution in [0.3, 0.4) is 0 Å². The Morgan fingerprint density at radius 3 is 2.42 bits per heavy atom. The first-order chi connectivity index (χ1) is 15.0. The average Bonchev–Trinajstić information content (AvgIpc) is 3.26. The fourth-order valence-corrected chi connectivity index (χ4v) is 3.72. The van der Waals surface area contributed by atoms with Crippen LogP contribution in [0, 0.1) is 0 Å². The highest BCUT2D eigenvalue weighted by Crippen LogP contribution is 2.18. The third-order valence-electron chi connectivity index (χ3n) is 5.71. The van der Waals surface area contributed by atoms with Crippen molar-refractivity contribution in [3.63, 3.8) is 0 Å². The first-order valence-electron chi connectivity index (χ1n) is 11.2. The van der Waals surface area contributed by atoms with Gasteiger partial charge in [-0.25, -0.2) is 0 Å². The Morgan fingerprint density at radius 2 is 1.77 bits per heavy atom. The molecular weight excluding hydrogens is 384 g/mol. The molecule has 0 saturated heterocycles. The number of aryl methyl sites for hydroxylation is 1. The van der Waals surface area contributed by atoms with E-state index in [-0.39, 0.29) is 5.91 Å². The summed E-state index contributed by atoms with van der Waals surface area (Å²) in [5, 5.41) is 7.52. The summed E-state index contributed by atoms with van der Waals surface area (Å²) in [6.45, 7) is 9.23. The monoisotopic (exact) mass is 418 g/mol. The quantitative estimate of drug-likeness (QED) is 0.503. The van der Waals surface area contributed by atoms with Gasteiger partial charge in [-0.2, -0.15) is 5.10 Å². The second-order valence-electron chi connectivity index (χ2n) is 8.33. The molecule has 1 aromatic heterocycles. The van der Waals surface area contributed by atoms with Crippen LogP contribution >= 0.6 is 0 Å². The van der Waals surface area contributed by atoms with Crippen LogP contribution < -0.4 is 0 Å². The summed E-state index contributed by atoms with van der Waals surface area (Å²) >= 11 is 0. The number of rotatable bonds is 10. The summed E-state index contributed by atoms with van der Waals surface area (Å²) in [5.41, 5.74) is 5.14. The van der Waals surface area contributed by atoms with Gasteiger partial charge in [0.1, 0.15) is 0 Å². The lowest BCUT2D eigenvalue weighted by Crippen LogP contribution is -2.30. The number of H-pyrrole nitrogens is 1. The van der Waals surface area contributed by atoms with Gasteiger partial charge in [0.2, 0.25) is 0 Å². The van der Waals surface area contributed by atoms with Gasteiger partial charge in [0.05, 0.1) is 5.69 Å². The molecule has 3 rings (SSSR count). The highest BCUT2D eigenvalue weighted by Gasteiger charge is 2.13. The Morgan fingerprint density at radius 1 is 1.06 bits per heavy atom. The van der Waals surface area contributed by atoms with Crippen molar-refractivity contribution in [3.8, 4) is 11.3 Å². The van der Waals surface area contributed by atoms with Gasteiger partial charge in [0, 0.05) is 43.0 Å². The van der Waals surface area contributed by atoms with Crippen molar-refractivity contribution in [2.45, 2.75) is 46.2 Å². The van der Waals surface area contributed by atoms with Gasteiger partial charge in [-0.05, 0) is 57.0 Å². The molecule has 0 fully saturated rings. The van der Waals surface area contributed by atoms with Crippen molar-refractivity contribution in [1.82, 2.24) is 20.0 Å². The maximum Gasteiger partial charge on any atom is 0.253 e. The molecule has 0 radical (unpaired) electrons. The number of aromatic amines is 1. The van der Waals surface area contributed by atoms with Crippen molar-refractivity contribution in [2.24, 2.45) is 0 Å². The number of carbonyl (C=O) groups excluding carboxylic acids is 1. The molecule has 5 heteroatoms. The standard InChI is InChI=1S/C26H34N4O/c1-5-30(20(2)3)19-21-13-15-23(16-14-21)26(31)29(4)17-9-12-24-18-25(28-27-24)22-10-7-6-8-11-22/h6-8,10-11,13-16,18,20H,5,9,12,17,19H2,1-4H3,(H,27,28). The molecule has 0 aliphatic carbocycles. The van der Waals surface area contributed by atoms with Gasteiger partial charge in [-0.1, -0.05) is 49.4 Å². The van der Waals surface area contributed by atoms with E-state index in [1.807, 2.05) is 37.4 Å². The highest BCUT2D eigenvalue weighted by atomic mass is 16.2.